The summed E-state index contributed by atoms with van der Waals surface area (Å²) in [5.41, 5.74) is 5.92. The first-order valence-electron chi connectivity index (χ1n) is 15.0. The molecule has 0 aliphatic rings. The van der Waals surface area contributed by atoms with Gasteiger partial charge in [0.25, 0.3) is 0 Å². The molecule has 0 aliphatic heterocycles. The lowest BCUT2D eigenvalue weighted by Gasteiger charge is -2.12. The second-order valence-electron chi connectivity index (χ2n) is 11.2. The maximum atomic E-state index is 5.07. The SMILES string of the molecule is c1ccc(-c2nc(-c3cncc(-n4c5ccccc5c5c6ccccc6ccc54)c3)nc(-c3cccc4ccccc34)n2)cc1. The van der Waals surface area contributed by atoms with Gasteiger partial charge in [0.15, 0.2) is 17.5 Å². The fourth-order valence-corrected chi connectivity index (χ4v) is 6.45. The minimum Gasteiger partial charge on any atom is -0.308 e. The Labute approximate surface area is 259 Å². The Morgan fingerprint density at radius 2 is 1.07 bits per heavy atom. The Balaban J connectivity index is 1.28. The number of fused-ring (bicyclic) bond motifs is 6. The number of hydrogen-bond donors (Lipinski definition) is 0. The zero-order chi connectivity index (χ0) is 29.7. The van der Waals surface area contributed by atoms with E-state index in [1.165, 1.54) is 21.5 Å². The van der Waals surface area contributed by atoms with Crippen molar-refractivity contribution in [3.05, 3.63) is 152 Å². The Morgan fingerprint density at radius 1 is 0.422 bits per heavy atom. The average Bonchev–Trinajstić information content (AvgIpc) is 3.46. The fraction of sp³-hybridized carbons (Fsp3) is 0. The van der Waals surface area contributed by atoms with E-state index in [1.54, 1.807) is 0 Å². The molecule has 0 radical (unpaired) electrons. The van der Waals surface area contributed by atoms with Gasteiger partial charge in [0.2, 0.25) is 0 Å². The number of benzene rings is 6. The second-order valence-corrected chi connectivity index (χ2v) is 11.2. The van der Waals surface area contributed by atoms with Gasteiger partial charge in [-0.2, -0.15) is 0 Å². The molecule has 9 aromatic rings. The summed E-state index contributed by atoms with van der Waals surface area (Å²) in [6.07, 6.45) is 3.75. The minimum absolute atomic E-state index is 0.576. The van der Waals surface area contributed by atoms with Gasteiger partial charge in [-0.25, -0.2) is 15.0 Å². The number of rotatable bonds is 4. The molecule has 210 valence electrons. The van der Waals surface area contributed by atoms with Crippen LogP contribution in [-0.4, -0.2) is 24.5 Å². The van der Waals surface area contributed by atoms with Gasteiger partial charge < -0.3 is 4.57 Å². The van der Waals surface area contributed by atoms with Crippen molar-refractivity contribution in [3.63, 3.8) is 0 Å². The van der Waals surface area contributed by atoms with E-state index in [0.29, 0.717) is 17.5 Å². The molecule has 6 aromatic carbocycles. The summed E-state index contributed by atoms with van der Waals surface area (Å²) in [4.78, 5) is 19.8. The van der Waals surface area contributed by atoms with Crippen LogP contribution in [-0.2, 0) is 0 Å². The lowest BCUT2D eigenvalue weighted by atomic mass is 10.0. The highest BCUT2D eigenvalue weighted by molar-refractivity contribution is 6.21. The van der Waals surface area contributed by atoms with Crippen LogP contribution in [0.15, 0.2) is 152 Å². The van der Waals surface area contributed by atoms with Crippen LogP contribution >= 0.6 is 0 Å². The topological polar surface area (TPSA) is 56.5 Å². The molecule has 0 amide bonds. The van der Waals surface area contributed by atoms with Crippen LogP contribution in [0.1, 0.15) is 0 Å². The Bertz CT molecular complexity index is 2540. The number of pyridine rings is 1. The van der Waals surface area contributed by atoms with Crippen molar-refractivity contribution in [2.75, 3.05) is 0 Å². The smallest absolute Gasteiger partial charge is 0.165 e. The molecule has 0 saturated carbocycles. The maximum absolute atomic E-state index is 5.07. The largest absolute Gasteiger partial charge is 0.308 e. The first-order valence-corrected chi connectivity index (χ1v) is 15.0. The Hall–Kier alpha value is -6.20. The zero-order valence-corrected chi connectivity index (χ0v) is 24.2. The minimum atomic E-state index is 0.576. The predicted octanol–water partition coefficient (Wildman–Crippen LogP) is 9.67. The summed E-state index contributed by atoms with van der Waals surface area (Å²) < 4.78 is 2.29. The molecule has 0 atom stereocenters. The summed E-state index contributed by atoms with van der Waals surface area (Å²) in [5, 5.41) is 7.14. The third kappa shape index (κ3) is 4.17. The van der Waals surface area contributed by atoms with Crippen molar-refractivity contribution in [2.24, 2.45) is 0 Å². The standard InChI is InChI=1S/C40H25N5/c1-2-13-28(14-3-1)38-42-39(44-40(43-38)33-19-10-15-26-11-4-6-16-31(26)33)29-23-30(25-41-24-29)45-35-20-9-8-18-34(35)37-32-17-7-5-12-27(32)21-22-36(37)45/h1-25H. The van der Waals surface area contributed by atoms with Gasteiger partial charge in [0.1, 0.15) is 0 Å². The van der Waals surface area contributed by atoms with Crippen molar-refractivity contribution in [1.29, 1.82) is 0 Å². The van der Waals surface area contributed by atoms with Crippen molar-refractivity contribution >= 4 is 43.4 Å². The van der Waals surface area contributed by atoms with E-state index >= 15 is 0 Å². The Kier molecular flexibility index (Phi) is 5.74. The van der Waals surface area contributed by atoms with E-state index in [4.69, 9.17) is 19.9 Å². The van der Waals surface area contributed by atoms with Gasteiger partial charge in [-0.3, -0.25) is 4.98 Å². The molecule has 9 rings (SSSR count). The number of hydrogen-bond acceptors (Lipinski definition) is 4. The third-order valence-corrected chi connectivity index (χ3v) is 8.50. The summed E-state index contributed by atoms with van der Waals surface area (Å²) in [5.74, 6) is 1.83. The molecular weight excluding hydrogens is 550 g/mol. The maximum Gasteiger partial charge on any atom is 0.165 e. The fourth-order valence-electron chi connectivity index (χ4n) is 6.45. The van der Waals surface area contributed by atoms with Crippen LogP contribution in [0.5, 0.6) is 0 Å². The quantitative estimate of drug-likeness (QED) is 0.210. The summed E-state index contributed by atoms with van der Waals surface area (Å²) >= 11 is 0. The molecule has 5 nitrogen and oxygen atoms in total. The average molecular weight is 576 g/mol. The van der Waals surface area contributed by atoms with Crippen molar-refractivity contribution in [2.45, 2.75) is 0 Å². The van der Waals surface area contributed by atoms with E-state index in [1.807, 2.05) is 48.8 Å². The third-order valence-electron chi connectivity index (χ3n) is 8.50. The highest BCUT2D eigenvalue weighted by Gasteiger charge is 2.18. The van der Waals surface area contributed by atoms with Crippen LogP contribution in [0.4, 0.5) is 0 Å². The first kappa shape index (κ1) is 25.3. The van der Waals surface area contributed by atoms with Gasteiger partial charge in [-0.15, -0.1) is 0 Å². The normalized spacial score (nSPS) is 11.6. The highest BCUT2D eigenvalue weighted by Crippen LogP contribution is 2.37. The summed E-state index contributed by atoms with van der Waals surface area (Å²) in [6.45, 7) is 0. The lowest BCUT2D eigenvalue weighted by Crippen LogP contribution is -2.02. The van der Waals surface area contributed by atoms with Crippen LogP contribution in [0, 0.1) is 0 Å². The van der Waals surface area contributed by atoms with Crippen molar-refractivity contribution < 1.29 is 0 Å². The van der Waals surface area contributed by atoms with E-state index < -0.39 is 0 Å². The number of para-hydroxylation sites is 1. The van der Waals surface area contributed by atoms with Gasteiger partial charge in [0.05, 0.1) is 22.9 Å². The molecule has 0 spiro atoms. The van der Waals surface area contributed by atoms with E-state index in [-0.39, 0.29) is 0 Å². The molecule has 5 heteroatoms. The van der Waals surface area contributed by atoms with E-state index in [0.717, 1.165) is 44.2 Å². The molecule has 3 aromatic heterocycles. The number of aromatic nitrogens is 5. The molecule has 0 unspecified atom stereocenters. The van der Waals surface area contributed by atoms with E-state index in [9.17, 15) is 0 Å². The van der Waals surface area contributed by atoms with Gasteiger partial charge in [-0.1, -0.05) is 121 Å². The van der Waals surface area contributed by atoms with Gasteiger partial charge in [0, 0.05) is 33.7 Å². The van der Waals surface area contributed by atoms with Gasteiger partial charge in [-0.05, 0) is 39.7 Å². The van der Waals surface area contributed by atoms with Crippen molar-refractivity contribution in [3.8, 4) is 39.9 Å². The first-order chi connectivity index (χ1) is 22.3. The molecule has 0 bridgehead atoms. The zero-order valence-electron chi connectivity index (χ0n) is 24.2. The monoisotopic (exact) mass is 575 g/mol. The Morgan fingerprint density at radius 3 is 1.91 bits per heavy atom. The molecule has 45 heavy (non-hydrogen) atoms. The molecule has 0 fully saturated rings. The molecule has 0 N–H and O–H groups in total. The van der Waals surface area contributed by atoms with Gasteiger partial charge >= 0.3 is 0 Å². The molecule has 0 saturated heterocycles. The van der Waals surface area contributed by atoms with Crippen LogP contribution in [0.3, 0.4) is 0 Å². The van der Waals surface area contributed by atoms with E-state index in [2.05, 4.69) is 108 Å². The second kappa shape index (κ2) is 10.2. The predicted molar refractivity (Wildman–Crippen MR) is 183 cm³/mol. The van der Waals surface area contributed by atoms with Crippen LogP contribution < -0.4 is 0 Å². The van der Waals surface area contributed by atoms with Crippen LogP contribution in [0.2, 0.25) is 0 Å². The lowest BCUT2D eigenvalue weighted by molar-refractivity contribution is 1.07. The summed E-state index contributed by atoms with van der Waals surface area (Å²) in [7, 11) is 0. The summed E-state index contributed by atoms with van der Waals surface area (Å²) in [6, 6.07) is 48.3. The molecule has 0 aliphatic carbocycles. The number of nitrogens with zero attached hydrogens (tertiary/aromatic N) is 5. The highest BCUT2D eigenvalue weighted by atomic mass is 15.0. The van der Waals surface area contributed by atoms with Crippen LogP contribution in [0.25, 0.3) is 83.2 Å². The molecule has 3 heterocycles. The molecular formula is C40H25N5. The van der Waals surface area contributed by atoms with Crippen molar-refractivity contribution in [1.82, 2.24) is 24.5 Å².